The van der Waals surface area contributed by atoms with Gasteiger partial charge in [0.05, 0.1) is 24.4 Å². The highest BCUT2D eigenvalue weighted by molar-refractivity contribution is 6.30. The van der Waals surface area contributed by atoms with E-state index < -0.39 is 0 Å². The van der Waals surface area contributed by atoms with Gasteiger partial charge in [0.2, 0.25) is 0 Å². The van der Waals surface area contributed by atoms with E-state index >= 15 is 0 Å². The first kappa shape index (κ1) is 14.3. The molecule has 0 spiro atoms. The monoisotopic (exact) mass is 311 g/mol. The fourth-order valence-corrected chi connectivity index (χ4v) is 2.47. The Bertz CT molecular complexity index is 847. The van der Waals surface area contributed by atoms with E-state index in [9.17, 15) is 4.39 Å². The van der Waals surface area contributed by atoms with Crippen molar-refractivity contribution < 1.29 is 4.39 Å². The highest BCUT2D eigenvalue weighted by Crippen LogP contribution is 2.24. The van der Waals surface area contributed by atoms with Crippen LogP contribution in [0.3, 0.4) is 0 Å². The van der Waals surface area contributed by atoms with Gasteiger partial charge in [-0.25, -0.2) is 9.07 Å². The van der Waals surface area contributed by atoms with E-state index in [4.69, 9.17) is 16.9 Å². The van der Waals surface area contributed by atoms with Crippen molar-refractivity contribution >= 4 is 11.6 Å². The van der Waals surface area contributed by atoms with E-state index in [-0.39, 0.29) is 12.2 Å². The predicted molar refractivity (Wildman–Crippen MR) is 83.3 cm³/mol. The van der Waals surface area contributed by atoms with E-state index in [1.807, 2.05) is 30.3 Å². The molecule has 108 valence electrons. The summed E-state index contributed by atoms with van der Waals surface area (Å²) < 4.78 is 14.8. The average molecular weight is 312 g/mol. The lowest BCUT2D eigenvalue weighted by atomic mass is 10.1. The zero-order chi connectivity index (χ0) is 15.5. The Kier molecular flexibility index (Phi) is 3.90. The van der Waals surface area contributed by atoms with Gasteiger partial charge in [-0.2, -0.15) is 10.4 Å². The summed E-state index contributed by atoms with van der Waals surface area (Å²) in [6.07, 6.45) is 1.81. The maximum absolute atomic E-state index is 13.3. The molecule has 0 saturated heterocycles. The second kappa shape index (κ2) is 6.00. The fourth-order valence-electron chi connectivity index (χ4n) is 2.21. The third-order valence-electron chi connectivity index (χ3n) is 3.32. The highest BCUT2D eigenvalue weighted by atomic mass is 35.5. The largest absolute Gasteiger partial charge is 0.222 e. The van der Waals surface area contributed by atoms with Crippen molar-refractivity contribution in [2.24, 2.45) is 0 Å². The molecule has 0 atom stereocenters. The van der Waals surface area contributed by atoms with E-state index in [1.54, 1.807) is 16.9 Å². The Morgan fingerprint density at radius 1 is 1.14 bits per heavy atom. The third kappa shape index (κ3) is 2.72. The van der Waals surface area contributed by atoms with Crippen molar-refractivity contribution in [1.82, 2.24) is 9.78 Å². The molecule has 3 aromatic rings. The molecule has 0 N–H and O–H groups in total. The fraction of sp³-hybridized carbons (Fsp3) is 0.0588. The minimum atomic E-state index is -0.266. The molecular weight excluding hydrogens is 301 g/mol. The summed E-state index contributed by atoms with van der Waals surface area (Å²) >= 11 is 6.21. The van der Waals surface area contributed by atoms with Crippen molar-refractivity contribution in [3.8, 4) is 22.9 Å². The van der Waals surface area contributed by atoms with Crippen LogP contribution in [0.15, 0.2) is 54.7 Å². The molecule has 0 saturated carbocycles. The lowest BCUT2D eigenvalue weighted by molar-refractivity contribution is 0.628. The Morgan fingerprint density at radius 3 is 2.59 bits per heavy atom. The molecule has 22 heavy (non-hydrogen) atoms. The minimum Gasteiger partial charge on any atom is -0.222 e. The molecule has 0 amide bonds. The van der Waals surface area contributed by atoms with E-state index in [1.165, 1.54) is 12.1 Å². The maximum Gasteiger partial charge on any atom is 0.137 e. The standard InChI is InChI=1S/C17H11ClFN3/c18-17-14(8-9-20)11-21-22(17)16-6-4-12(5-7-16)13-2-1-3-15(19)10-13/h1-7,10-11H,8H2. The van der Waals surface area contributed by atoms with Crippen molar-refractivity contribution in [3.63, 3.8) is 0 Å². The van der Waals surface area contributed by atoms with Crippen LogP contribution in [0.1, 0.15) is 5.56 Å². The normalized spacial score (nSPS) is 10.4. The summed E-state index contributed by atoms with van der Waals surface area (Å²) in [6.45, 7) is 0. The van der Waals surface area contributed by atoms with Gasteiger partial charge in [-0.1, -0.05) is 35.9 Å². The Morgan fingerprint density at radius 2 is 1.91 bits per heavy atom. The number of nitrogens with zero attached hydrogens (tertiary/aromatic N) is 3. The van der Waals surface area contributed by atoms with Crippen LogP contribution in [0, 0.1) is 17.1 Å². The molecule has 0 bridgehead atoms. The minimum absolute atomic E-state index is 0.222. The number of rotatable bonds is 3. The smallest absolute Gasteiger partial charge is 0.137 e. The van der Waals surface area contributed by atoms with Gasteiger partial charge in [-0.05, 0) is 35.4 Å². The lowest BCUT2D eigenvalue weighted by Gasteiger charge is -2.06. The number of halogens is 2. The van der Waals surface area contributed by atoms with Crippen molar-refractivity contribution in [2.45, 2.75) is 6.42 Å². The number of hydrogen-bond donors (Lipinski definition) is 0. The summed E-state index contributed by atoms with van der Waals surface area (Å²) in [5, 5.41) is 13.4. The Labute approximate surface area is 132 Å². The molecule has 2 aromatic carbocycles. The van der Waals surface area contributed by atoms with Crippen LogP contribution in [0.25, 0.3) is 16.8 Å². The number of nitriles is 1. The molecule has 0 unspecified atom stereocenters. The van der Waals surface area contributed by atoms with Crippen LogP contribution in [-0.2, 0) is 6.42 Å². The molecule has 1 aromatic heterocycles. The van der Waals surface area contributed by atoms with Crippen LogP contribution in [0.2, 0.25) is 5.15 Å². The maximum atomic E-state index is 13.3. The lowest BCUT2D eigenvalue weighted by Crippen LogP contribution is -1.96. The first-order valence-electron chi connectivity index (χ1n) is 6.65. The summed E-state index contributed by atoms with van der Waals surface area (Å²) in [4.78, 5) is 0. The topological polar surface area (TPSA) is 41.6 Å². The van der Waals surface area contributed by atoms with Crippen molar-refractivity contribution in [1.29, 1.82) is 5.26 Å². The zero-order valence-electron chi connectivity index (χ0n) is 11.5. The summed E-state index contributed by atoms with van der Waals surface area (Å²) in [7, 11) is 0. The van der Waals surface area contributed by atoms with Crippen LogP contribution >= 0.6 is 11.6 Å². The van der Waals surface area contributed by atoms with Gasteiger partial charge in [0.1, 0.15) is 11.0 Å². The third-order valence-corrected chi connectivity index (χ3v) is 3.72. The first-order valence-corrected chi connectivity index (χ1v) is 7.02. The quantitative estimate of drug-likeness (QED) is 0.719. The van der Waals surface area contributed by atoms with Crippen molar-refractivity contribution in [2.75, 3.05) is 0 Å². The molecule has 1 heterocycles. The average Bonchev–Trinajstić information content (AvgIpc) is 2.89. The SMILES string of the molecule is N#CCc1cnn(-c2ccc(-c3cccc(F)c3)cc2)c1Cl. The molecule has 5 heteroatoms. The van der Waals surface area contributed by atoms with Gasteiger partial charge in [0.15, 0.2) is 0 Å². The van der Waals surface area contributed by atoms with Gasteiger partial charge in [-0.15, -0.1) is 0 Å². The molecule has 0 radical (unpaired) electrons. The van der Waals surface area contributed by atoms with Crippen LogP contribution in [0.4, 0.5) is 4.39 Å². The van der Waals surface area contributed by atoms with E-state index in [2.05, 4.69) is 11.2 Å². The van der Waals surface area contributed by atoms with Gasteiger partial charge in [0, 0.05) is 5.56 Å². The molecule has 0 aliphatic carbocycles. The molecule has 3 nitrogen and oxygen atoms in total. The van der Waals surface area contributed by atoms with E-state index in [0.29, 0.717) is 10.7 Å². The second-order valence-corrected chi connectivity index (χ2v) is 5.12. The molecule has 0 fully saturated rings. The highest BCUT2D eigenvalue weighted by Gasteiger charge is 2.10. The van der Waals surface area contributed by atoms with Crippen LogP contribution in [-0.4, -0.2) is 9.78 Å². The zero-order valence-corrected chi connectivity index (χ0v) is 12.3. The first-order chi connectivity index (χ1) is 10.7. The summed E-state index contributed by atoms with van der Waals surface area (Å²) in [6, 6.07) is 16.0. The van der Waals surface area contributed by atoms with Crippen molar-refractivity contribution in [3.05, 3.63) is 71.3 Å². The predicted octanol–water partition coefficient (Wildman–Crippen LogP) is 4.40. The Hall–Kier alpha value is -2.64. The summed E-state index contributed by atoms with van der Waals surface area (Å²) in [5.41, 5.74) is 3.19. The number of hydrogen-bond acceptors (Lipinski definition) is 2. The molecule has 3 rings (SSSR count). The van der Waals surface area contributed by atoms with Crippen LogP contribution in [0.5, 0.6) is 0 Å². The van der Waals surface area contributed by atoms with E-state index in [0.717, 1.165) is 16.8 Å². The number of benzene rings is 2. The second-order valence-electron chi connectivity index (χ2n) is 4.76. The summed E-state index contributed by atoms with van der Waals surface area (Å²) in [5.74, 6) is -0.266. The van der Waals surface area contributed by atoms with Gasteiger partial charge in [-0.3, -0.25) is 0 Å². The molecule has 0 aliphatic rings. The van der Waals surface area contributed by atoms with Gasteiger partial charge < -0.3 is 0 Å². The van der Waals surface area contributed by atoms with Gasteiger partial charge >= 0.3 is 0 Å². The van der Waals surface area contributed by atoms with Gasteiger partial charge in [0.25, 0.3) is 0 Å². The molecular formula is C17H11ClFN3. The Balaban J connectivity index is 1.93. The molecule has 0 aliphatic heterocycles. The number of aromatic nitrogens is 2. The van der Waals surface area contributed by atoms with Crippen LogP contribution < -0.4 is 0 Å².